The first-order valence-electron chi connectivity index (χ1n) is 10.3. The van der Waals surface area contributed by atoms with Gasteiger partial charge in [0, 0.05) is 16.5 Å². The van der Waals surface area contributed by atoms with Crippen LogP contribution < -0.4 is 4.74 Å². The summed E-state index contributed by atoms with van der Waals surface area (Å²) in [5.74, 6) is 2.10. The number of rotatable bonds is 2. The number of hydrogen-bond donors (Lipinski definition) is 0. The molecule has 27 heavy (non-hydrogen) atoms. The first-order chi connectivity index (χ1) is 12.3. The Balaban J connectivity index is 2.27. The normalized spacial score (nSPS) is 15.8. The zero-order valence-electron chi connectivity index (χ0n) is 18.9. The molecule has 0 aliphatic carbocycles. The Morgan fingerprint density at radius 3 is 1.67 bits per heavy atom. The van der Waals surface area contributed by atoms with E-state index in [-0.39, 0.29) is 16.2 Å². The van der Waals surface area contributed by atoms with E-state index in [0.717, 1.165) is 17.9 Å². The fraction of sp³-hybridized carbons (Fsp3) is 0.538. The summed E-state index contributed by atoms with van der Waals surface area (Å²) in [6, 6.07) is 9.39. The van der Waals surface area contributed by atoms with Gasteiger partial charge in [0.15, 0.2) is 0 Å². The summed E-state index contributed by atoms with van der Waals surface area (Å²) in [6.45, 7) is 22.8. The molecule has 1 nitrogen and oxygen atoms in total. The molecule has 1 heteroatoms. The predicted molar refractivity (Wildman–Crippen MR) is 117 cm³/mol. The second-order valence-electron chi connectivity index (χ2n) is 10.6. The highest BCUT2D eigenvalue weighted by molar-refractivity contribution is 5.63. The maximum Gasteiger partial charge on any atom is 0.134 e. The first kappa shape index (κ1) is 20.0. The van der Waals surface area contributed by atoms with Crippen molar-refractivity contribution in [3.8, 4) is 11.5 Å². The molecular formula is C26H36O. The summed E-state index contributed by atoms with van der Waals surface area (Å²) in [7, 11) is 0. The van der Waals surface area contributed by atoms with E-state index in [1.165, 1.54) is 33.4 Å². The molecule has 3 rings (SSSR count). The number of hydrogen-bond acceptors (Lipinski definition) is 1. The maximum atomic E-state index is 6.54. The third-order valence-corrected chi connectivity index (χ3v) is 6.63. The van der Waals surface area contributed by atoms with E-state index in [2.05, 4.69) is 93.5 Å². The fourth-order valence-electron chi connectivity index (χ4n) is 4.02. The van der Waals surface area contributed by atoms with Gasteiger partial charge < -0.3 is 4.74 Å². The summed E-state index contributed by atoms with van der Waals surface area (Å²) in [4.78, 5) is 0. The average molecular weight is 365 g/mol. The zero-order valence-corrected chi connectivity index (χ0v) is 18.9. The molecule has 0 aromatic heterocycles. The molecule has 0 atom stereocenters. The molecule has 2 aromatic carbocycles. The van der Waals surface area contributed by atoms with Crippen molar-refractivity contribution in [2.24, 2.45) is 0 Å². The van der Waals surface area contributed by atoms with E-state index < -0.39 is 0 Å². The van der Waals surface area contributed by atoms with Gasteiger partial charge in [-0.2, -0.15) is 0 Å². The zero-order chi connectivity index (χ0) is 20.4. The lowest BCUT2D eigenvalue weighted by Crippen LogP contribution is -2.28. The van der Waals surface area contributed by atoms with Gasteiger partial charge >= 0.3 is 0 Å². The molecule has 0 saturated heterocycles. The van der Waals surface area contributed by atoms with Crippen LogP contribution in [0.5, 0.6) is 11.5 Å². The Bertz CT molecular complexity index is 891. The molecule has 2 aromatic rings. The van der Waals surface area contributed by atoms with Crippen molar-refractivity contribution < 1.29 is 4.74 Å². The minimum atomic E-state index is -0.0838. The molecule has 1 heterocycles. The number of fused-ring (bicyclic) bond motifs is 2. The van der Waals surface area contributed by atoms with Gasteiger partial charge in [-0.1, -0.05) is 79.7 Å². The Morgan fingerprint density at radius 2 is 1.22 bits per heavy atom. The van der Waals surface area contributed by atoms with Gasteiger partial charge in [0.2, 0.25) is 0 Å². The van der Waals surface area contributed by atoms with Crippen LogP contribution in [0.25, 0.3) is 0 Å². The van der Waals surface area contributed by atoms with Crippen LogP contribution in [0.3, 0.4) is 0 Å². The SMILES string of the molecule is CCC(C)(C)c1cc(C)c2c(c1)C(C)(C)c1cc(C(C)(C)C)cc(C)c1O2. The smallest absolute Gasteiger partial charge is 0.134 e. The van der Waals surface area contributed by atoms with E-state index in [0.29, 0.717) is 0 Å². The lowest BCUT2D eigenvalue weighted by Gasteiger charge is -2.39. The standard InChI is InChI=1S/C26H36O/c1-11-25(7,8)19-13-17(3)23-21(15-19)26(9,10)20-14-18(24(4,5)6)12-16(2)22(20)27-23/h12-15H,11H2,1-10H3. The van der Waals surface area contributed by atoms with Gasteiger partial charge in [-0.05, 0) is 53.4 Å². The van der Waals surface area contributed by atoms with Crippen LogP contribution in [-0.4, -0.2) is 0 Å². The van der Waals surface area contributed by atoms with E-state index in [4.69, 9.17) is 4.74 Å². The Morgan fingerprint density at radius 1 is 0.778 bits per heavy atom. The van der Waals surface area contributed by atoms with E-state index in [1.54, 1.807) is 0 Å². The predicted octanol–water partition coefficient (Wildman–Crippen LogP) is 7.72. The number of aryl methyl sites for hydroxylation is 2. The molecule has 146 valence electrons. The van der Waals surface area contributed by atoms with Crippen molar-refractivity contribution in [1.82, 2.24) is 0 Å². The minimum Gasteiger partial charge on any atom is -0.456 e. The van der Waals surface area contributed by atoms with Gasteiger partial charge in [0.25, 0.3) is 0 Å². The van der Waals surface area contributed by atoms with Gasteiger partial charge in [-0.25, -0.2) is 0 Å². The molecule has 0 amide bonds. The topological polar surface area (TPSA) is 9.23 Å². The van der Waals surface area contributed by atoms with Crippen molar-refractivity contribution in [1.29, 1.82) is 0 Å². The molecule has 0 saturated carbocycles. The number of ether oxygens (including phenoxy) is 1. The van der Waals surface area contributed by atoms with Crippen molar-refractivity contribution in [3.63, 3.8) is 0 Å². The second kappa shape index (κ2) is 6.12. The van der Waals surface area contributed by atoms with Crippen molar-refractivity contribution in [2.75, 3.05) is 0 Å². The summed E-state index contributed by atoms with van der Waals surface area (Å²) in [5.41, 5.74) is 8.08. The first-order valence-corrected chi connectivity index (χ1v) is 10.3. The Hall–Kier alpha value is -1.76. The molecule has 0 radical (unpaired) electrons. The minimum absolute atomic E-state index is 0.0838. The summed E-state index contributed by atoms with van der Waals surface area (Å²) >= 11 is 0. The van der Waals surface area contributed by atoms with Crippen LogP contribution >= 0.6 is 0 Å². The van der Waals surface area contributed by atoms with Gasteiger partial charge in [-0.15, -0.1) is 0 Å². The lowest BCUT2D eigenvalue weighted by molar-refractivity contribution is 0.407. The second-order valence-corrected chi connectivity index (χ2v) is 10.6. The molecule has 0 fully saturated rings. The van der Waals surface area contributed by atoms with E-state index >= 15 is 0 Å². The monoisotopic (exact) mass is 364 g/mol. The van der Waals surface area contributed by atoms with Crippen LogP contribution in [0.1, 0.15) is 95.2 Å². The van der Waals surface area contributed by atoms with Crippen LogP contribution in [0.4, 0.5) is 0 Å². The van der Waals surface area contributed by atoms with Crippen LogP contribution in [0.2, 0.25) is 0 Å². The fourth-order valence-corrected chi connectivity index (χ4v) is 4.02. The average Bonchev–Trinajstić information content (AvgIpc) is 2.55. The third-order valence-electron chi connectivity index (χ3n) is 6.63. The van der Waals surface area contributed by atoms with Crippen molar-refractivity contribution in [3.05, 3.63) is 57.6 Å². The maximum absolute atomic E-state index is 6.54. The Kier molecular flexibility index (Phi) is 4.53. The highest BCUT2D eigenvalue weighted by Crippen LogP contribution is 2.52. The molecular weight excluding hydrogens is 328 g/mol. The molecule has 0 spiro atoms. The van der Waals surface area contributed by atoms with Crippen LogP contribution in [0.15, 0.2) is 24.3 Å². The van der Waals surface area contributed by atoms with Crippen LogP contribution in [-0.2, 0) is 16.2 Å². The van der Waals surface area contributed by atoms with E-state index in [9.17, 15) is 0 Å². The highest BCUT2D eigenvalue weighted by atomic mass is 16.5. The lowest BCUT2D eigenvalue weighted by atomic mass is 9.70. The number of benzene rings is 2. The molecule has 0 unspecified atom stereocenters. The third kappa shape index (κ3) is 3.20. The molecule has 1 aliphatic heterocycles. The van der Waals surface area contributed by atoms with Crippen LogP contribution in [0, 0.1) is 13.8 Å². The molecule has 0 N–H and O–H groups in total. The summed E-state index contributed by atoms with van der Waals surface area (Å²) in [6.07, 6.45) is 1.12. The van der Waals surface area contributed by atoms with E-state index in [1.807, 2.05) is 0 Å². The summed E-state index contributed by atoms with van der Waals surface area (Å²) < 4.78 is 6.54. The van der Waals surface area contributed by atoms with Crippen molar-refractivity contribution in [2.45, 2.75) is 91.9 Å². The molecule has 0 bridgehead atoms. The quantitative estimate of drug-likeness (QED) is 0.530. The van der Waals surface area contributed by atoms with Gasteiger partial charge in [0.1, 0.15) is 11.5 Å². The highest BCUT2D eigenvalue weighted by Gasteiger charge is 2.38. The van der Waals surface area contributed by atoms with Crippen molar-refractivity contribution >= 4 is 0 Å². The molecule has 1 aliphatic rings. The van der Waals surface area contributed by atoms with Gasteiger partial charge in [0.05, 0.1) is 0 Å². The Labute approximate surface area is 166 Å². The largest absolute Gasteiger partial charge is 0.456 e. The summed E-state index contributed by atoms with van der Waals surface area (Å²) in [5, 5.41) is 0. The van der Waals surface area contributed by atoms with Gasteiger partial charge in [-0.3, -0.25) is 0 Å².